The second-order valence-electron chi connectivity index (χ2n) is 6.02. The van der Waals surface area contributed by atoms with Gasteiger partial charge in [-0.25, -0.2) is 9.97 Å². The average Bonchev–Trinajstić information content (AvgIpc) is 3.29. The molecule has 0 bridgehead atoms. The Balaban J connectivity index is 1.60. The summed E-state index contributed by atoms with van der Waals surface area (Å²) < 4.78 is 5.56. The van der Waals surface area contributed by atoms with E-state index in [-0.39, 0.29) is 11.8 Å². The third-order valence-electron chi connectivity index (χ3n) is 4.61. The van der Waals surface area contributed by atoms with Crippen LogP contribution >= 0.6 is 0 Å². The summed E-state index contributed by atoms with van der Waals surface area (Å²) >= 11 is 0. The van der Waals surface area contributed by atoms with Crippen molar-refractivity contribution in [2.75, 3.05) is 5.32 Å². The van der Waals surface area contributed by atoms with Gasteiger partial charge in [0.1, 0.15) is 17.9 Å². The monoisotopic (exact) mass is 271 g/mol. The number of nitrogens with zero attached hydrogens (tertiary/aromatic N) is 2. The average molecular weight is 271 g/mol. The van der Waals surface area contributed by atoms with Crippen molar-refractivity contribution in [3.63, 3.8) is 0 Å². The lowest BCUT2D eigenvalue weighted by atomic mass is 10.2. The molecule has 2 saturated carbocycles. The summed E-state index contributed by atoms with van der Waals surface area (Å²) in [6, 6.07) is 0. The zero-order chi connectivity index (χ0) is 13.9. The van der Waals surface area contributed by atoms with E-state index < -0.39 is 0 Å². The van der Waals surface area contributed by atoms with Gasteiger partial charge in [0.15, 0.2) is 0 Å². The van der Waals surface area contributed by atoms with Gasteiger partial charge in [-0.2, -0.15) is 0 Å². The van der Waals surface area contributed by atoms with E-state index in [4.69, 9.17) is 4.42 Å². The smallest absolute Gasteiger partial charge is 0.231 e. The Morgan fingerprint density at radius 3 is 2.90 bits per heavy atom. The molecule has 5 nitrogen and oxygen atoms in total. The topological polar surface area (TPSA) is 68.0 Å². The van der Waals surface area contributed by atoms with E-state index in [9.17, 15) is 4.79 Å². The Morgan fingerprint density at radius 1 is 1.35 bits per heavy atom. The summed E-state index contributed by atoms with van der Waals surface area (Å²) in [7, 11) is 0. The molecule has 2 aromatic rings. The van der Waals surface area contributed by atoms with Crippen LogP contribution in [0.15, 0.2) is 10.7 Å². The molecule has 1 amide bonds. The minimum atomic E-state index is 0.0974. The lowest BCUT2D eigenvalue weighted by Crippen LogP contribution is -2.16. The predicted octanol–water partition coefficient (Wildman–Crippen LogP) is 2.82. The van der Waals surface area contributed by atoms with Crippen LogP contribution in [0, 0.1) is 31.6 Å². The number of hydrogen-bond acceptors (Lipinski definition) is 4. The number of nitrogens with one attached hydrogen (secondary N) is 1. The molecule has 0 aromatic carbocycles. The van der Waals surface area contributed by atoms with Gasteiger partial charge in [0.05, 0.1) is 5.39 Å². The molecule has 4 rings (SSSR count). The molecule has 5 heteroatoms. The first-order valence-corrected chi connectivity index (χ1v) is 7.16. The molecule has 0 saturated heterocycles. The van der Waals surface area contributed by atoms with Gasteiger partial charge >= 0.3 is 0 Å². The molecule has 2 heterocycles. The lowest BCUT2D eigenvalue weighted by molar-refractivity contribution is -0.117. The third-order valence-corrected chi connectivity index (χ3v) is 4.61. The van der Waals surface area contributed by atoms with Crippen molar-refractivity contribution >= 4 is 22.8 Å². The van der Waals surface area contributed by atoms with Crippen molar-refractivity contribution in [3.05, 3.63) is 17.7 Å². The first kappa shape index (κ1) is 11.9. The zero-order valence-corrected chi connectivity index (χ0v) is 11.6. The van der Waals surface area contributed by atoms with E-state index in [0.29, 0.717) is 17.4 Å². The molecule has 0 spiro atoms. The number of carbonyl (C=O) groups is 1. The van der Waals surface area contributed by atoms with Crippen molar-refractivity contribution < 1.29 is 9.21 Å². The number of carbonyl (C=O) groups excluding carboxylic acids is 1. The van der Waals surface area contributed by atoms with Crippen LogP contribution in [0.4, 0.5) is 5.82 Å². The first-order chi connectivity index (χ1) is 9.65. The first-order valence-electron chi connectivity index (χ1n) is 7.16. The van der Waals surface area contributed by atoms with E-state index in [2.05, 4.69) is 15.3 Å². The number of anilines is 1. The molecule has 2 fully saturated rings. The Kier molecular flexibility index (Phi) is 2.40. The Bertz CT molecular complexity index is 702. The Labute approximate surface area is 116 Å². The maximum Gasteiger partial charge on any atom is 0.231 e. The summed E-state index contributed by atoms with van der Waals surface area (Å²) in [6.45, 7) is 3.86. The summed E-state index contributed by atoms with van der Waals surface area (Å²) in [5.74, 6) is 3.09. The molecule has 104 valence electrons. The standard InChI is InChI=1S/C15H17N3O2/c1-7-8(2)20-15-12(7)13(16-6-17-15)18-14(19)11-5-10(11)9-3-4-9/h6,9-11H,3-5H2,1-2H3,(H,16,17,18,19). The van der Waals surface area contributed by atoms with Gasteiger partial charge in [0.25, 0.3) is 0 Å². The molecular weight excluding hydrogens is 254 g/mol. The minimum absolute atomic E-state index is 0.0974. The number of rotatable bonds is 3. The minimum Gasteiger partial charge on any atom is -0.443 e. The van der Waals surface area contributed by atoms with Crippen LogP contribution in [0.2, 0.25) is 0 Å². The number of amides is 1. The predicted molar refractivity (Wildman–Crippen MR) is 74.2 cm³/mol. The second-order valence-corrected chi connectivity index (χ2v) is 6.02. The van der Waals surface area contributed by atoms with Gasteiger partial charge in [-0.1, -0.05) is 0 Å². The van der Waals surface area contributed by atoms with E-state index in [1.807, 2.05) is 13.8 Å². The van der Waals surface area contributed by atoms with Crippen LogP contribution in [0.3, 0.4) is 0 Å². The number of hydrogen-bond donors (Lipinski definition) is 1. The number of aromatic nitrogens is 2. The van der Waals surface area contributed by atoms with Crippen molar-refractivity contribution in [2.45, 2.75) is 33.1 Å². The molecule has 20 heavy (non-hydrogen) atoms. The van der Waals surface area contributed by atoms with Crippen LogP contribution in [0.1, 0.15) is 30.6 Å². The van der Waals surface area contributed by atoms with Gasteiger partial charge in [-0.15, -0.1) is 0 Å². The van der Waals surface area contributed by atoms with Crippen LogP contribution in [-0.4, -0.2) is 15.9 Å². The van der Waals surface area contributed by atoms with E-state index >= 15 is 0 Å². The largest absolute Gasteiger partial charge is 0.443 e. The lowest BCUT2D eigenvalue weighted by Gasteiger charge is -2.05. The number of furan rings is 1. The molecule has 1 N–H and O–H groups in total. The molecule has 2 unspecified atom stereocenters. The molecular formula is C15H17N3O2. The zero-order valence-electron chi connectivity index (χ0n) is 11.6. The van der Waals surface area contributed by atoms with Gasteiger partial charge < -0.3 is 9.73 Å². The fourth-order valence-electron chi connectivity index (χ4n) is 3.05. The van der Waals surface area contributed by atoms with Gasteiger partial charge in [-0.05, 0) is 44.9 Å². The molecule has 0 aliphatic heterocycles. The summed E-state index contributed by atoms with van der Waals surface area (Å²) in [5.41, 5.74) is 1.53. The van der Waals surface area contributed by atoms with Crippen molar-refractivity contribution in [1.82, 2.24) is 9.97 Å². The normalized spacial score (nSPS) is 24.9. The van der Waals surface area contributed by atoms with Gasteiger partial charge in [0, 0.05) is 11.5 Å². The highest BCUT2D eigenvalue weighted by Crippen LogP contribution is 2.54. The van der Waals surface area contributed by atoms with E-state index in [1.54, 1.807) is 0 Å². The van der Waals surface area contributed by atoms with E-state index in [0.717, 1.165) is 29.0 Å². The van der Waals surface area contributed by atoms with Crippen molar-refractivity contribution in [1.29, 1.82) is 0 Å². The fourth-order valence-corrected chi connectivity index (χ4v) is 3.05. The SMILES string of the molecule is Cc1oc2ncnc(NC(=O)C3CC3C3CC3)c2c1C. The summed E-state index contributed by atoms with van der Waals surface area (Å²) in [6.07, 6.45) is 5.07. The highest BCUT2D eigenvalue weighted by molar-refractivity contribution is 6.01. The highest BCUT2D eigenvalue weighted by atomic mass is 16.3. The molecule has 0 radical (unpaired) electrons. The molecule has 2 aromatic heterocycles. The second kappa shape index (κ2) is 4.04. The van der Waals surface area contributed by atoms with Crippen LogP contribution < -0.4 is 5.32 Å². The molecule has 2 atom stereocenters. The number of fused-ring (bicyclic) bond motifs is 1. The van der Waals surface area contributed by atoms with Crippen molar-refractivity contribution in [3.8, 4) is 0 Å². The molecule has 2 aliphatic rings. The Morgan fingerprint density at radius 2 is 2.15 bits per heavy atom. The van der Waals surface area contributed by atoms with Crippen molar-refractivity contribution in [2.24, 2.45) is 17.8 Å². The summed E-state index contributed by atoms with van der Waals surface area (Å²) in [5, 5.41) is 3.78. The Hall–Kier alpha value is -1.91. The van der Waals surface area contributed by atoms with Crippen LogP contribution in [0.5, 0.6) is 0 Å². The third kappa shape index (κ3) is 1.80. The highest BCUT2D eigenvalue weighted by Gasteiger charge is 2.51. The fraction of sp³-hybridized carbons (Fsp3) is 0.533. The maximum atomic E-state index is 12.3. The quantitative estimate of drug-likeness (QED) is 0.932. The summed E-state index contributed by atoms with van der Waals surface area (Å²) in [4.78, 5) is 20.6. The van der Waals surface area contributed by atoms with Gasteiger partial charge in [0.2, 0.25) is 11.6 Å². The maximum absolute atomic E-state index is 12.3. The number of aryl methyl sites for hydroxylation is 2. The molecule has 2 aliphatic carbocycles. The van der Waals surface area contributed by atoms with Gasteiger partial charge in [-0.3, -0.25) is 4.79 Å². The van der Waals surface area contributed by atoms with Crippen LogP contribution in [-0.2, 0) is 4.79 Å². The van der Waals surface area contributed by atoms with Crippen LogP contribution in [0.25, 0.3) is 11.1 Å². The van der Waals surface area contributed by atoms with E-state index in [1.165, 1.54) is 19.2 Å².